The Morgan fingerprint density at radius 2 is 0.667 bits per heavy atom. The lowest BCUT2D eigenvalue weighted by Gasteiger charge is -2.17. The Labute approximate surface area is 173 Å². The molecule has 30 heavy (non-hydrogen) atoms. The average molecular weight is 418 g/mol. The van der Waals surface area contributed by atoms with Gasteiger partial charge in [-0.15, -0.1) is 0 Å². The first-order valence-corrected chi connectivity index (χ1v) is 9.38. The fourth-order valence-corrected chi connectivity index (χ4v) is 3.63. The topological polar surface area (TPSA) is 18.5 Å². The second kappa shape index (κ2) is 8.01. The third-order valence-electron chi connectivity index (χ3n) is 4.80. The Morgan fingerprint density at radius 1 is 0.433 bits per heavy atom. The molecule has 6 heteroatoms. The molecular formula is C24H22F4O2. The van der Waals surface area contributed by atoms with Crippen molar-refractivity contribution in [3.05, 3.63) is 80.9 Å². The zero-order valence-electron chi connectivity index (χ0n) is 17.6. The van der Waals surface area contributed by atoms with E-state index in [2.05, 4.69) is 0 Å². The molecule has 0 spiro atoms. The fraction of sp³-hybridized carbons (Fsp3) is 0.250. The summed E-state index contributed by atoms with van der Waals surface area (Å²) in [4.78, 5) is 0. The van der Waals surface area contributed by atoms with Gasteiger partial charge in [-0.3, -0.25) is 0 Å². The Balaban J connectivity index is 2.09. The van der Waals surface area contributed by atoms with Gasteiger partial charge in [-0.2, -0.15) is 17.6 Å². The Kier molecular flexibility index (Phi) is 5.79. The number of hydrogen-bond donors (Lipinski definition) is 0. The zero-order valence-corrected chi connectivity index (χ0v) is 17.6. The number of halogens is 4. The summed E-state index contributed by atoms with van der Waals surface area (Å²) in [5.74, 6) is -8.67. The summed E-state index contributed by atoms with van der Waals surface area (Å²) in [5.41, 5.74) is 4.17. The normalized spacial score (nSPS) is 11.0. The highest BCUT2D eigenvalue weighted by atomic mass is 19.2. The minimum atomic E-state index is -1.66. The molecule has 3 aromatic carbocycles. The third kappa shape index (κ3) is 3.86. The lowest BCUT2D eigenvalue weighted by atomic mass is 10.1. The molecule has 0 bridgehead atoms. The van der Waals surface area contributed by atoms with Crippen LogP contribution in [0.4, 0.5) is 17.6 Å². The second-order valence-corrected chi connectivity index (χ2v) is 7.57. The molecule has 0 atom stereocenters. The van der Waals surface area contributed by atoms with Crippen LogP contribution in [0.5, 0.6) is 23.0 Å². The molecule has 2 nitrogen and oxygen atoms in total. The van der Waals surface area contributed by atoms with Crippen LogP contribution in [0.15, 0.2) is 24.3 Å². The fourth-order valence-electron chi connectivity index (χ4n) is 3.63. The summed E-state index contributed by atoms with van der Waals surface area (Å²) in [6, 6.07) is 6.97. The first kappa shape index (κ1) is 21.7. The maximum atomic E-state index is 14.7. The van der Waals surface area contributed by atoms with Gasteiger partial charge in [0, 0.05) is 0 Å². The van der Waals surface area contributed by atoms with Crippen molar-refractivity contribution in [3.8, 4) is 23.0 Å². The minimum Gasteiger partial charge on any atom is -0.450 e. The van der Waals surface area contributed by atoms with Crippen LogP contribution in [-0.4, -0.2) is 0 Å². The lowest BCUT2D eigenvalue weighted by molar-refractivity contribution is 0.328. The van der Waals surface area contributed by atoms with E-state index in [0.29, 0.717) is 22.3 Å². The van der Waals surface area contributed by atoms with E-state index in [0.717, 1.165) is 11.1 Å². The van der Waals surface area contributed by atoms with E-state index in [9.17, 15) is 17.6 Å². The van der Waals surface area contributed by atoms with Gasteiger partial charge >= 0.3 is 0 Å². The summed E-state index contributed by atoms with van der Waals surface area (Å²) in [6.45, 7) is 10.4. The molecule has 0 aliphatic heterocycles. The highest BCUT2D eigenvalue weighted by molar-refractivity contribution is 5.50. The van der Waals surface area contributed by atoms with Crippen LogP contribution in [-0.2, 0) is 0 Å². The third-order valence-corrected chi connectivity index (χ3v) is 4.80. The molecule has 0 aliphatic rings. The Morgan fingerprint density at radius 3 is 0.900 bits per heavy atom. The average Bonchev–Trinajstić information content (AvgIpc) is 2.64. The van der Waals surface area contributed by atoms with Crippen LogP contribution in [0.1, 0.15) is 33.4 Å². The van der Waals surface area contributed by atoms with Gasteiger partial charge in [-0.05, 0) is 63.8 Å². The first-order valence-electron chi connectivity index (χ1n) is 9.38. The van der Waals surface area contributed by atoms with E-state index in [1.807, 2.05) is 13.8 Å². The molecular weight excluding hydrogens is 396 g/mol. The first-order chi connectivity index (χ1) is 14.0. The molecule has 0 amide bonds. The molecule has 3 rings (SSSR count). The van der Waals surface area contributed by atoms with Crippen molar-refractivity contribution in [2.45, 2.75) is 41.5 Å². The van der Waals surface area contributed by atoms with E-state index >= 15 is 0 Å². The van der Waals surface area contributed by atoms with Crippen molar-refractivity contribution in [1.29, 1.82) is 0 Å². The van der Waals surface area contributed by atoms with Gasteiger partial charge in [0.05, 0.1) is 0 Å². The summed E-state index contributed by atoms with van der Waals surface area (Å²) in [7, 11) is 0. The van der Waals surface area contributed by atoms with Crippen molar-refractivity contribution in [2.24, 2.45) is 0 Å². The summed E-state index contributed by atoms with van der Waals surface area (Å²) in [6.07, 6.45) is 0. The van der Waals surface area contributed by atoms with Crippen LogP contribution >= 0.6 is 0 Å². The van der Waals surface area contributed by atoms with Crippen molar-refractivity contribution in [3.63, 3.8) is 0 Å². The summed E-state index contributed by atoms with van der Waals surface area (Å²) < 4.78 is 69.5. The number of hydrogen-bond acceptors (Lipinski definition) is 2. The van der Waals surface area contributed by atoms with E-state index < -0.39 is 34.8 Å². The van der Waals surface area contributed by atoms with Crippen molar-refractivity contribution < 1.29 is 27.0 Å². The van der Waals surface area contributed by atoms with E-state index in [1.165, 1.54) is 0 Å². The Hall–Kier alpha value is -3.02. The van der Waals surface area contributed by atoms with Crippen LogP contribution in [0.2, 0.25) is 0 Å². The quantitative estimate of drug-likeness (QED) is 0.320. The molecule has 0 saturated heterocycles. The monoisotopic (exact) mass is 418 g/mol. The smallest absolute Gasteiger partial charge is 0.208 e. The van der Waals surface area contributed by atoms with E-state index in [4.69, 9.17) is 9.47 Å². The number of aryl methyl sites for hydroxylation is 6. The number of benzene rings is 3. The van der Waals surface area contributed by atoms with Crippen LogP contribution in [0, 0.1) is 64.8 Å². The molecule has 0 unspecified atom stereocenters. The minimum absolute atomic E-state index is 0.135. The highest BCUT2D eigenvalue weighted by Gasteiger charge is 2.30. The molecule has 0 saturated carbocycles. The summed E-state index contributed by atoms with van der Waals surface area (Å²) in [5, 5.41) is 0. The predicted octanol–water partition coefficient (Wildman–Crippen LogP) is 7.68. The van der Waals surface area contributed by atoms with Gasteiger partial charge in [0.25, 0.3) is 0 Å². The molecule has 0 fully saturated rings. The van der Waals surface area contributed by atoms with Gasteiger partial charge in [0.1, 0.15) is 11.5 Å². The largest absolute Gasteiger partial charge is 0.450 e. The predicted molar refractivity (Wildman–Crippen MR) is 108 cm³/mol. The van der Waals surface area contributed by atoms with Gasteiger partial charge in [-0.25, -0.2) is 0 Å². The molecule has 0 heterocycles. The van der Waals surface area contributed by atoms with Gasteiger partial charge < -0.3 is 9.47 Å². The molecule has 0 aliphatic carbocycles. The van der Waals surface area contributed by atoms with Crippen LogP contribution in [0.25, 0.3) is 0 Å². The van der Waals surface area contributed by atoms with Crippen molar-refractivity contribution in [1.82, 2.24) is 0 Å². The Bertz CT molecular complexity index is 987. The van der Waals surface area contributed by atoms with Crippen LogP contribution in [0.3, 0.4) is 0 Å². The van der Waals surface area contributed by atoms with Crippen LogP contribution < -0.4 is 9.47 Å². The maximum absolute atomic E-state index is 14.7. The lowest BCUT2D eigenvalue weighted by Crippen LogP contribution is -2.06. The van der Waals surface area contributed by atoms with E-state index in [-0.39, 0.29) is 11.5 Å². The van der Waals surface area contributed by atoms with E-state index in [1.54, 1.807) is 52.0 Å². The zero-order chi connectivity index (χ0) is 22.3. The van der Waals surface area contributed by atoms with Crippen molar-refractivity contribution >= 4 is 0 Å². The summed E-state index contributed by atoms with van der Waals surface area (Å²) >= 11 is 0. The molecule has 0 aromatic heterocycles. The molecule has 0 N–H and O–H groups in total. The number of rotatable bonds is 4. The molecule has 158 valence electrons. The second-order valence-electron chi connectivity index (χ2n) is 7.57. The highest BCUT2D eigenvalue weighted by Crippen LogP contribution is 2.41. The van der Waals surface area contributed by atoms with Gasteiger partial charge in [0.15, 0.2) is 0 Å². The van der Waals surface area contributed by atoms with Gasteiger partial charge in [0.2, 0.25) is 34.8 Å². The molecule has 3 aromatic rings. The standard InChI is InChI=1S/C24H22F4O2/c1-11-7-13(3)21(14(4)8-11)29-23-17(25)19(27)24(20(28)18(23)26)30-22-15(5)9-12(2)10-16(22)6/h7-10H,1-6H3. The van der Waals surface area contributed by atoms with Crippen molar-refractivity contribution in [2.75, 3.05) is 0 Å². The molecule has 0 radical (unpaired) electrons. The maximum Gasteiger partial charge on any atom is 0.208 e. The SMILES string of the molecule is Cc1cc(C)c(Oc2c(F)c(F)c(Oc3c(C)cc(C)cc3C)c(F)c2F)c(C)c1. The number of ether oxygens (including phenoxy) is 2. The van der Waals surface area contributed by atoms with Gasteiger partial charge in [-0.1, -0.05) is 35.4 Å².